The number of aromatic nitrogens is 2. The van der Waals surface area contributed by atoms with Gasteiger partial charge in [0.05, 0.1) is 5.52 Å². The number of imidazole rings is 1. The average Bonchev–Trinajstić information content (AvgIpc) is 3.01. The molecule has 3 rings (SSSR count). The lowest BCUT2D eigenvalue weighted by molar-refractivity contribution is 0.0948. The Hall–Kier alpha value is -3.19. The molecule has 3 aromatic rings. The van der Waals surface area contributed by atoms with E-state index in [9.17, 15) is 9.59 Å². The van der Waals surface area contributed by atoms with Gasteiger partial charge in [0.2, 0.25) is 5.82 Å². The van der Waals surface area contributed by atoms with E-state index >= 15 is 0 Å². The highest BCUT2D eigenvalue weighted by Gasteiger charge is 2.21. The molecule has 0 radical (unpaired) electrons. The first-order chi connectivity index (χ1) is 13.0. The number of likely N-dealkylation sites (N-methyl/N-ethyl adjacent to an activating group) is 1. The lowest BCUT2D eigenvalue weighted by atomic mass is 10.2. The van der Waals surface area contributed by atoms with Gasteiger partial charge in [0.15, 0.2) is 5.69 Å². The minimum absolute atomic E-state index is 0.171. The van der Waals surface area contributed by atoms with Crippen molar-refractivity contribution in [1.29, 1.82) is 0 Å². The molecule has 0 fully saturated rings. The second-order valence-corrected chi connectivity index (χ2v) is 6.62. The molecule has 0 unspecified atom stereocenters. The molecule has 0 saturated carbocycles. The van der Waals surface area contributed by atoms with Gasteiger partial charge in [0.1, 0.15) is 0 Å². The van der Waals surface area contributed by atoms with E-state index in [2.05, 4.69) is 15.6 Å². The molecule has 2 aromatic heterocycles. The number of fused-ring (bicyclic) bond motifs is 1. The van der Waals surface area contributed by atoms with E-state index in [-0.39, 0.29) is 23.3 Å². The van der Waals surface area contributed by atoms with Crippen LogP contribution in [0, 0.1) is 6.92 Å². The van der Waals surface area contributed by atoms with Gasteiger partial charge in [0.25, 0.3) is 11.8 Å². The molecule has 0 aliphatic rings. The minimum Gasteiger partial charge on any atom is -0.349 e. The SMILES string of the molecule is Cc1cccc(NC(=O)c2nc(C(=O)NCCN(C)C)c3ccccn23)c1. The third-order valence-corrected chi connectivity index (χ3v) is 4.09. The Balaban J connectivity index is 1.87. The summed E-state index contributed by atoms with van der Waals surface area (Å²) in [7, 11) is 3.87. The Labute approximate surface area is 158 Å². The molecule has 0 bridgehead atoms. The molecule has 1 aromatic carbocycles. The first-order valence-corrected chi connectivity index (χ1v) is 8.74. The van der Waals surface area contributed by atoms with Crippen LogP contribution in [-0.4, -0.2) is 53.3 Å². The van der Waals surface area contributed by atoms with Crippen molar-refractivity contribution in [3.8, 4) is 0 Å². The summed E-state index contributed by atoms with van der Waals surface area (Å²) in [5, 5.41) is 5.68. The maximum Gasteiger partial charge on any atom is 0.292 e. The van der Waals surface area contributed by atoms with E-state index in [1.807, 2.05) is 56.3 Å². The molecule has 2 N–H and O–H groups in total. The molecular weight excluding hydrogens is 342 g/mol. The molecule has 0 saturated heterocycles. The first-order valence-electron chi connectivity index (χ1n) is 8.74. The van der Waals surface area contributed by atoms with Gasteiger partial charge in [-0.3, -0.25) is 14.0 Å². The van der Waals surface area contributed by atoms with Gasteiger partial charge in [-0.25, -0.2) is 4.98 Å². The predicted molar refractivity (Wildman–Crippen MR) is 105 cm³/mol. The first kappa shape index (κ1) is 18.6. The van der Waals surface area contributed by atoms with Crippen molar-refractivity contribution in [3.05, 3.63) is 65.7 Å². The smallest absolute Gasteiger partial charge is 0.292 e. The Kier molecular flexibility index (Phi) is 5.52. The van der Waals surface area contributed by atoms with Gasteiger partial charge in [0, 0.05) is 25.0 Å². The summed E-state index contributed by atoms with van der Waals surface area (Å²) in [4.78, 5) is 31.6. The minimum atomic E-state index is -0.367. The summed E-state index contributed by atoms with van der Waals surface area (Å²) in [6.45, 7) is 3.18. The highest BCUT2D eigenvalue weighted by Crippen LogP contribution is 2.16. The summed E-state index contributed by atoms with van der Waals surface area (Å²) in [6, 6.07) is 12.9. The van der Waals surface area contributed by atoms with Crippen molar-refractivity contribution in [2.45, 2.75) is 6.92 Å². The van der Waals surface area contributed by atoms with Gasteiger partial charge in [-0.2, -0.15) is 0 Å². The zero-order valence-electron chi connectivity index (χ0n) is 15.7. The molecule has 0 spiro atoms. The van der Waals surface area contributed by atoms with Crippen LogP contribution in [0.1, 0.15) is 26.7 Å². The number of carbonyl (C=O) groups excluding carboxylic acids is 2. The van der Waals surface area contributed by atoms with Crippen LogP contribution in [0.2, 0.25) is 0 Å². The summed E-state index contributed by atoms with van der Waals surface area (Å²) in [5.74, 6) is -0.492. The van der Waals surface area contributed by atoms with E-state index < -0.39 is 0 Å². The van der Waals surface area contributed by atoms with Crippen LogP contribution in [0.25, 0.3) is 5.52 Å². The van der Waals surface area contributed by atoms with Crippen LogP contribution in [0.5, 0.6) is 0 Å². The fraction of sp³-hybridized carbons (Fsp3) is 0.250. The number of aryl methyl sites for hydroxylation is 1. The molecule has 27 heavy (non-hydrogen) atoms. The molecule has 7 heteroatoms. The number of nitrogens with zero attached hydrogens (tertiary/aromatic N) is 3. The summed E-state index contributed by atoms with van der Waals surface area (Å²) < 4.78 is 1.63. The van der Waals surface area contributed by atoms with Crippen molar-refractivity contribution in [3.63, 3.8) is 0 Å². The van der Waals surface area contributed by atoms with Crippen LogP contribution in [-0.2, 0) is 0 Å². The molecule has 0 atom stereocenters. The van der Waals surface area contributed by atoms with Crippen LogP contribution in [0.3, 0.4) is 0 Å². The van der Waals surface area contributed by atoms with Gasteiger partial charge >= 0.3 is 0 Å². The van der Waals surface area contributed by atoms with E-state index in [4.69, 9.17) is 0 Å². The largest absolute Gasteiger partial charge is 0.349 e. The molecule has 0 aliphatic heterocycles. The summed E-state index contributed by atoms with van der Waals surface area (Å²) >= 11 is 0. The van der Waals surface area contributed by atoms with Gasteiger partial charge in [-0.15, -0.1) is 0 Å². The molecule has 2 heterocycles. The van der Waals surface area contributed by atoms with Gasteiger partial charge in [-0.05, 0) is 50.8 Å². The van der Waals surface area contributed by atoms with E-state index in [0.29, 0.717) is 17.7 Å². The van der Waals surface area contributed by atoms with Crippen LogP contribution >= 0.6 is 0 Å². The third-order valence-electron chi connectivity index (χ3n) is 4.09. The quantitative estimate of drug-likeness (QED) is 0.702. The van der Waals surface area contributed by atoms with Crippen LogP contribution < -0.4 is 10.6 Å². The number of hydrogen-bond donors (Lipinski definition) is 2. The van der Waals surface area contributed by atoms with Gasteiger partial charge < -0.3 is 15.5 Å². The number of amides is 2. The monoisotopic (exact) mass is 365 g/mol. The second kappa shape index (κ2) is 8.01. The number of pyridine rings is 1. The van der Waals surface area contributed by atoms with Crippen molar-refractivity contribution < 1.29 is 9.59 Å². The maximum absolute atomic E-state index is 12.7. The number of nitrogens with one attached hydrogen (secondary N) is 2. The van der Waals surface area contributed by atoms with E-state index in [0.717, 1.165) is 12.1 Å². The van der Waals surface area contributed by atoms with Crippen molar-refractivity contribution in [1.82, 2.24) is 19.6 Å². The zero-order valence-corrected chi connectivity index (χ0v) is 15.7. The number of hydrogen-bond acceptors (Lipinski definition) is 4. The molecule has 7 nitrogen and oxygen atoms in total. The van der Waals surface area contributed by atoms with E-state index in [1.54, 1.807) is 22.7 Å². The summed E-state index contributed by atoms with van der Waals surface area (Å²) in [5.41, 5.74) is 2.56. The lowest BCUT2D eigenvalue weighted by Gasteiger charge is -2.09. The Morgan fingerprint density at radius 2 is 1.93 bits per heavy atom. The molecule has 2 amide bonds. The molecular formula is C20H23N5O2. The van der Waals surface area contributed by atoms with Crippen LogP contribution in [0.15, 0.2) is 48.7 Å². The lowest BCUT2D eigenvalue weighted by Crippen LogP contribution is -2.31. The standard InChI is InChI=1S/C20H23N5O2/c1-14-7-6-8-15(13-14)22-20(27)18-23-17(16-9-4-5-11-25(16)18)19(26)21-10-12-24(2)3/h4-9,11,13H,10,12H2,1-3H3,(H,21,26)(H,22,27). The summed E-state index contributed by atoms with van der Waals surface area (Å²) in [6.07, 6.45) is 1.73. The van der Waals surface area contributed by atoms with E-state index in [1.165, 1.54) is 0 Å². The maximum atomic E-state index is 12.7. The average molecular weight is 365 g/mol. The normalized spacial score (nSPS) is 11.0. The molecule has 140 valence electrons. The van der Waals surface area contributed by atoms with Crippen molar-refractivity contribution >= 4 is 23.0 Å². The Morgan fingerprint density at radius 1 is 1.11 bits per heavy atom. The molecule has 0 aliphatic carbocycles. The number of carbonyl (C=O) groups is 2. The number of rotatable bonds is 6. The number of benzene rings is 1. The fourth-order valence-electron chi connectivity index (χ4n) is 2.75. The van der Waals surface area contributed by atoms with Crippen LogP contribution in [0.4, 0.5) is 5.69 Å². The second-order valence-electron chi connectivity index (χ2n) is 6.62. The number of anilines is 1. The predicted octanol–water partition coefficient (Wildman–Crippen LogP) is 2.19. The van der Waals surface area contributed by atoms with Crippen molar-refractivity contribution in [2.75, 3.05) is 32.5 Å². The Bertz CT molecular complexity index is 977. The topological polar surface area (TPSA) is 78.7 Å². The van der Waals surface area contributed by atoms with Crippen molar-refractivity contribution in [2.24, 2.45) is 0 Å². The van der Waals surface area contributed by atoms with Gasteiger partial charge in [-0.1, -0.05) is 18.2 Å². The highest BCUT2D eigenvalue weighted by molar-refractivity contribution is 6.06. The highest BCUT2D eigenvalue weighted by atomic mass is 16.2. The Morgan fingerprint density at radius 3 is 2.67 bits per heavy atom. The third kappa shape index (κ3) is 4.32. The fourth-order valence-corrected chi connectivity index (χ4v) is 2.75. The zero-order chi connectivity index (χ0) is 19.4.